The number of fused-ring (bicyclic) bond motifs is 1. The number of carbonyl (C=O) groups excluding carboxylic acids is 1. The molecular weight excluding hydrogens is 290 g/mol. The van der Waals surface area contributed by atoms with E-state index in [-0.39, 0.29) is 11.5 Å². The Morgan fingerprint density at radius 1 is 1.22 bits per heavy atom. The smallest absolute Gasteiger partial charge is 0.267 e. The molecule has 3 rings (SSSR count). The predicted octanol–water partition coefficient (Wildman–Crippen LogP) is 2.40. The van der Waals surface area contributed by atoms with E-state index in [4.69, 9.17) is 0 Å². The molecule has 0 fully saturated rings. The Morgan fingerprint density at radius 2 is 2.00 bits per heavy atom. The molecule has 1 unspecified atom stereocenters. The quantitative estimate of drug-likeness (QED) is 0.856. The maximum Gasteiger partial charge on any atom is 0.267 e. The Bertz CT molecular complexity index is 810. The maximum absolute atomic E-state index is 12.9. The lowest BCUT2D eigenvalue weighted by Crippen LogP contribution is -2.42. The fourth-order valence-electron chi connectivity index (χ4n) is 3.08. The second-order valence-corrected chi connectivity index (χ2v) is 6.16. The van der Waals surface area contributed by atoms with Crippen molar-refractivity contribution >= 4 is 11.6 Å². The molecule has 1 aliphatic rings. The lowest BCUT2D eigenvalue weighted by atomic mass is 9.99. The van der Waals surface area contributed by atoms with Crippen molar-refractivity contribution in [2.75, 3.05) is 11.4 Å². The van der Waals surface area contributed by atoms with Crippen LogP contribution in [0.25, 0.3) is 0 Å². The molecule has 5 nitrogen and oxygen atoms in total. The molecule has 0 bridgehead atoms. The minimum Gasteiger partial charge on any atom is -0.310 e. The van der Waals surface area contributed by atoms with Crippen LogP contribution in [0.2, 0.25) is 0 Å². The van der Waals surface area contributed by atoms with Crippen molar-refractivity contribution in [3.05, 3.63) is 57.5 Å². The lowest BCUT2D eigenvalue weighted by Gasteiger charge is -2.31. The summed E-state index contributed by atoms with van der Waals surface area (Å²) >= 11 is 0. The van der Waals surface area contributed by atoms with E-state index in [2.05, 4.69) is 18.1 Å². The van der Waals surface area contributed by atoms with E-state index in [9.17, 15) is 9.59 Å². The maximum atomic E-state index is 12.9. The van der Waals surface area contributed by atoms with Crippen LogP contribution in [-0.4, -0.2) is 22.2 Å². The minimum atomic E-state index is -0.616. The molecule has 0 spiro atoms. The number of hydrogen-bond donors (Lipinski definition) is 0. The van der Waals surface area contributed by atoms with Gasteiger partial charge in [0.15, 0.2) is 0 Å². The van der Waals surface area contributed by atoms with Crippen LogP contribution in [0.3, 0.4) is 0 Å². The highest BCUT2D eigenvalue weighted by Crippen LogP contribution is 2.29. The van der Waals surface area contributed by atoms with Crippen LogP contribution in [0.5, 0.6) is 0 Å². The average Bonchev–Trinajstić information content (AvgIpc) is 2.55. The Kier molecular flexibility index (Phi) is 4.03. The van der Waals surface area contributed by atoms with Gasteiger partial charge in [0.1, 0.15) is 6.04 Å². The van der Waals surface area contributed by atoms with Crippen LogP contribution < -0.4 is 10.5 Å². The monoisotopic (exact) mass is 311 g/mol. The van der Waals surface area contributed by atoms with Gasteiger partial charge in [-0.2, -0.15) is 5.10 Å². The van der Waals surface area contributed by atoms with Crippen LogP contribution in [0, 0.1) is 13.8 Å². The summed E-state index contributed by atoms with van der Waals surface area (Å²) in [5, 5.41) is 4.22. The van der Waals surface area contributed by atoms with Crippen molar-refractivity contribution < 1.29 is 4.79 Å². The predicted molar refractivity (Wildman–Crippen MR) is 89.8 cm³/mol. The fraction of sp³-hybridized carbons (Fsp3) is 0.389. The van der Waals surface area contributed by atoms with E-state index in [1.165, 1.54) is 21.9 Å². The van der Waals surface area contributed by atoms with Crippen molar-refractivity contribution in [3.8, 4) is 0 Å². The summed E-state index contributed by atoms with van der Waals surface area (Å²) in [5.41, 5.74) is 3.82. The van der Waals surface area contributed by atoms with Gasteiger partial charge >= 0.3 is 0 Å². The Labute approximate surface area is 135 Å². The number of aromatic nitrogens is 2. The zero-order valence-electron chi connectivity index (χ0n) is 13.7. The van der Waals surface area contributed by atoms with Gasteiger partial charge in [-0.3, -0.25) is 9.59 Å². The molecular formula is C18H21N3O2. The normalized spacial score (nSPS) is 15.2. The standard InChI is InChI=1S/C18H21N3O2/c1-12-6-8-16-15(11-12)5-4-10-20(16)18(23)14(3)21-17(22)9-7-13(2)19-21/h6-9,11,14H,4-5,10H2,1-3H3. The summed E-state index contributed by atoms with van der Waals surface area (Å²) in [7, 11) is 0. The van der Waals surface area contributed by atoms with Crippen LogP contribution >= 0.6 is 0 Å². The Balaban J connectivity index is 1.95. The van der Waals surface area contributed by atoms with Crippen molar-refractivity contribution in [3.63, 3.8) is 0 Å². The van der Waals surface area contributed by atoms with E-state index < -0.39 is 6.04 Å². The number of carbonyl (C=O) groups is 1. The number of anilines is 1. The van der Waals surface area contributed by atoms with Gasteiger partial charge in [-0.15, -0.1) is 0 Å². The van der Waals surface area contributed by atoms with Gasteiger partial charge in [0.25, 0.3) is 11.5 Å². The lowest BCUT2D eigenvalue weighted by molar-refractivity contribution is -0.121. The first-order valence-electron chi connectivity index (χ1n) is 7.95. The van der Waals surface area contributed by atoms with Gasteiger partial charge in [-0.25, -0.2) is 4.68 Å². The molecule has 1 aliphatic heterocycles. The van der Waals surface area contributed by atoms with Crippen LogP contribution in [-0.2, 0) is 11.2 Å². The molecule has 0 aliphatic carbocycles. The SMILES string of the molecule is Cc1ccc2c(c1)CCCN2C(=O)C(C)n1nc(C)ccc1=O. The third-order valence-corrected chi connectivity index (χ3v) is 4.30. The number of benzene rings is 1. The third kappa shape index (κ3) is 2.91. The highest BCUT2D eigenvalue weighted by molar-refractivity contribution is 5.97. The first-order valence-corrected chi connectivity index (χ1v) is 7.95. The van der Waals surface area contributed by atoms with E-state index >= 15 is 0 Å². The average molecular weight is 311 g/mol. The summed E-state index contributed by atoms with van der Waals surface area (Å²) in [6.07, 6.45) is 1.92. The fourth-order valence-corrected chi connectivity index (χ4v) is 3.08. The third-order valence-electron chi connectivity index (χ3n) is 4.30. The largest absolute Gasteiger partial charge is 0.310 e. The molecule has 5 heteroatoms. The highest BCUT2D eigenvalue weighted by Gasteiger charge is 2.28. The van der Waals surface area contributed by atoms with Gasteiger partial charge < -0.3 is 4.90 Å². The topological polar surface area (TPSA) is 55.2 Å². The number of rotatable bonds is 2. The zero-order chi connectivity index (χ0) is 16.6. The summed E-state index contributed by atoms with van der Waals surface area (Å²) < 4.78 is 1.28. The summed E-state index contributed by atoms with van der Waals surface area (Å²) in [5.74, 6) is -0.0880. The first kappa shape index (κ1) is 15.5. The number of aryl methyl sites for hydroxylation is 3. The molecule has 23 heavy (non-hydrogen) atoms. The van der Waals surface area contributed by atoms with Crippen LogP contribution in [0.15, 0.2) is 35.1 Å². The van der Waals surface area contributed by atoms with Gasteiger partial charge in [-0.1, -0.05) is 17.7 Å². The summed E-state index contributed by atoms with van der Waals surface area (Å²) in [6, 6.07) is 8.66. The molecule has 1 aromatic carbocycles. The highest BCUT2D eigenvalue weighted by atomic mass is 16.2. The van der Waals surface area contributed by atoms with Gasteiger partial charge in [0, 0.05) is 18.3 Å². The molecule has 0 N–H and O–H groups in total. The van der Waals surface area contributed by atoms with Gasteiger partial charge in [0.05, 0.1) is 5.69 Å². The van der Waals surface area contributed by atoms with Crippen molar-refractivity contribution in [2.24, 2.45) is 0 Å². The first-order chi connectivity index (χ1) is 11.0. The molecule has 2 heterocycles. The van der Waals surface area contributed by atoms with E-state index in [0.717, 1.165) is 24.2 Å². The molecule has 0 saturated carbocycles. The Hall–Kier alpha value is -2.43. The second-order valence-electron chi connectivity index (χ2n) is 6.16. The van der Waals surface area contributed by atoms with Crippen molar-refractivity contribution in [1.82, 2.24) is 9.78 Å². The number of hydrogen-bond acceptors (Lipinski definition) is 3. The molecule has 120 valence electrons. The number of nitrogens with zero attached hydrogens (tertiary/aromatic N) is 3. The molecule has 0 radical (unpaired) electrons. The van der Waals surface area contributed by atoms with E-state index in [1.54, 1.807) is 17.9 Å². The Morgan fingerprint density at radius 3 is 2.78 bits per heavy atom. The molecule has 0 saturated heterocycles. The van der Waals surface area contributed by atoms with Crippen molar-refractivity contribution in [2.45, 2.75) is 39.7 Å². The molecule has 1 atom stereocenters. The molecule has 1 aromatic heterocycles. The number of amides is 1. The van der Waals surface area contributed by atoms with Crippen LogP contribution in [0.1, 0.15) is 36.2 Å². The van der Waals surface area contributed by atoms with E-state index in [0.29, 0.717) is 6.54 Å². The molecule has 1 amide bonds. The molecule has 2 aromatic rings. The minimum absolute atomic E-state index is 0.0880. The van der Waals surface area contributed by atoms with Crippen molar-refractivity contribution in [1.29, 1.82) is 0 Å². The summed E-state index contributed by atoms with van der Waals surface area (Å²) in [4.78, 5) is 26.7. The summed E-state index contributed by atoms with van der Waals surface area (Å²) in [6.45, 7) is 6.28. The van der Waals surface area contributed by atoms with Crippen LogP contribution in [0.4, 0.5) is 5.69 Å². The van der Waals surface area contributed by atoms with Gasteiger partial charge in [-0.05, 0) is 51.3 Å². The van der Waals surface area contributed by atoms with Gasteiger partial charge in [0.2, 0.25) is 0 Å². The van der Waals surface area contributed by atoms with E-state index in [1.807, 2.05) is 19.1 Å². The second kappa shape index (κ2) is 5.99. The zero-order valence-corrected chi connectivity index (χ0v) is 13.7.